The van der Waals surface area contributed by atoms with Gasteiger partial charge in [-0.3, -0.25) is 9.79 Å². The topological polar surface area (TPSA) is 76.0 Å². The van der Waals surface area contributed by atoms with E-state index in [0.29, 0.717) is 23.7 Å². The Hall–Kier alpha value is -3.50. The Morgan fingerprint density at radius 1 is 1.03 bits per heavy atom. The molecule has 3 heterocycles. The number of para-hydroxylation sites is 2. The van der Waals surface area contributed by atoms with E-state index < -0.39 is 0 Å². The van der Waals surface area contributed by atoms with E-state index in [0.717, 1.165) is 32.8 Å². The second-order valence-corrected chi connectivity index (χ2v) is 11.7. The van der Waals surface area contributed by atoms with Crippen LogP contribution in [0.25, 0.3) is 0 Å². The zero-order chi connectivity index (χ0) is 27.6. The van der Waals surface area contributed by atoms with Gasteiger partial charge in [0.25, 0.3) is 5.91 Å². The summed E-state index contributed by atoms with van der Waals surface area (Å²) in [6.07, 6.45) is 0.596. The number of hydrogen-bond acceptors (Lipinski definition) is 9. The van der Waals surface area contributed by atoms with Crippen LogP contribution in [0.2, 0.25) is 0 Å². The smallest absolute Gasteiger partial charge is 0.263 e. The second-order valence-electron chi connectivity index (χ2n) is 9.85. The summed E-state index contributed by atoms with van der Waals surface area (Å²) in [4.78, 5) is 22.1. The van der Waals surface area contributed by atoms with Crippen molar-refractivity contribution in [2.75, 3.05) is 38.5 Å². The van der Waals surface area contributed by atoms with Gasteiger partial charge in [-0.25, -0.2) is 5.01 Å². The van der Waals surface area contributed by atoms with Crippen molar-refractivity contribution in [3.63, 3.8) is 0 Å². The number of amidine groups is 1. The predicted molar refractivity (Wildman–Crippen MR) is 159 cm³/mol. The summed E-state index contributed by atoms with van der Waals surface area (Å²) >= 11 is 3.26. The van der Waals surface area contributed by atoms with Gasteiger partial charge in [0, 0.05) is 12.2 Å². The highest BCUT2D eigenvalue weighted by Gasteiger charge is 2.37. The van der Waals surface area contributed by atoms with Crippen LogP contribution in [-0.2, 0) is 4.79 Å². The van der Waals surface area contributed by atoms with Gasteiger partial charge in [0.2, 0.25) is 0 Å². The van der Waals surface area contributed by atoms with Gasteiger partial charge in [-0.2, -0.15) is 5.10 Å². The van der Waals surface area contributed by atoms with E-state index in [1.165, 1.54) is 0 Å². The number of benzene rings is 2. The molecule has 2 aliphatic heterocycles. The molecule has 2 aromatic carbocycles. The van der Waals surface area contributed by atoms with E-state index in [9.17, 15) is 4.79 Å². The Balaban J connectivity index is 1.52. The minimum absolute atomic E-state index is 0.0628. The molecule has 204 valence electrons. The van der Waals surface area contributed by atoms with Gasteiger partial charge in [-0.15, -0.1) is 11.3 Å². The molecule has 1 atom stereocenters. The van der Waals surface area contributed by atoms with Crippen LogP contribution in [-0.4, -0.2) is 61.0 Å². The number of rotatable bonds is 8. The molecule has 0 bridgehead atoms. The van der Waals surface area contributed by atoms with Crippen LogP contribution >= 0.6 is 23.1 Å². The number of methoxy groups -OCH3 is 3. The summed E-state index contributed by atoms with van der Waals surface area (Å²) in [5.74, 6) is 2.62. The number of ether oxygens (including phenoxy) is 3. The van der Waals surface area contributed by atoms with Gasteiger partial charge in [-0.1, -0.05) is 36.0 Å². The average Bonchev–Trinajstić information content (AvgIpc) is 3.71. The summed E-state index contributed by atoms with van der Waals surface area (Å²) in [7, 11) is 4.86. The highest BCUT2D eigenvalue weighted by Crippen LogP contribution is 2.39. The highest BCUT2D eigenvalue weighted by molar-refractivity contribution is 8.14. The normalized spacial score (nSPS) is 18.0. The molecular formula is C29H32N4O4S2. The minimum atomic E-state index is -0.288. The first-order chi connectivity index (χ1) is 18.8. The molecular weight excluding hydrogens is 532 g/mol. The van der Waals surface area contributed by atoms with E-state index in [1.807, 2.05) is 64.9 Å². The van der Waals surface area contributed by atoms with Crippen LogP contribution in [0.3, 0.4) is 0 Å². The monoisotopic (exact) mass is 564 g/mol. The first-order valence-corrected chi connectivity index (χ1v) is 14.5. The SMILES string of the molecule is COc1ccc([C@@H]2CC(c3cccs3)=NN2C(=O)CN(C2=NC(C)(C)CS2)c2ccccc2OC)cc1OC. The fourth-order valence-corrected chi connectivity index (χ4v) is 6.57. The zero-order valence-corrected chi connectivity index (χ0v) is 24.3. The molecule has 8 nitrogen and oxygen atoms in total. The molecule has 0 unspecified atom stereocenters. The lowest BCUT2D eigenvalue weighted by Gasteiger charge is -2.29. The fourth-order valence-electron chi connectivity index (χ4n) is 4.67. The van der Waals surface area contributed by atoms with Gasteiger partial charge in [0.15, 0.2) is 16.7 Å². The molecule has 0 N–H and O–H groups in total. The van der Waals surface area contributed by atoms with Gasteiger partial charge in [0.1, 0.15) is 12.3 Å². The molecule has 10 heteroatoms. The van der Waals surface area contributed by atoms with Gasteiger partial charge in [-0.05, 0) is 55.1 Å². The number of nitrogens with zero attached hydrogens (tertiary/aromatic N) is 4. The number of carbonyl (C=O) groups excluding carboxylic acids is 1. The van der Waals surface area contributed by atoms with Crippen LogP contribution in [0.15, 0.2) is 70.1 Å². The maximum atomic E-state index is 14.1. The zero-order valence-electron chi connectivity index (χ0n) is 22.7. The van der Waals surface area contributed by atoms with E-state index in [1.54, 1.807) is 49.4 Å². The number of hydrogen-bond donors (Lipinski definition) is 0. The van der Waals surface area contributed by atoms with Crippen molar-refractivity contribution >= 4 is 45.6 Å². The molecule has 1 aromatic heterocycles. The molecule has 5 rings (SSSR count). The molecule has 2 aliphatic rings. The fraction of sp³-hybridized carbons (Fsp3) is 0.345. The third-order valence-corrected chi connectivity index (χ3v) is 8.96. The maximum absolute atomic E-state index is 14.1. The number of anilines is 1. The third kappa shape index (κ3) is 5.62. The van der Waals surface area contributed by atoms with Gasteiger partial charge in [0.05, 0.1) is 49.2 Å². The van der Waals surface area contributed by atoms with Crippen LogP contribution in [0.1, 0.15) is 36.8 Å². The van der Waals surface area contributed by atoms with Crippen LogP contribution in [0.4, 0.5) is 5.69 Å². The van der Waals surface area contributed by atoms with Crippen molar-refractivity contribution in [1.82, 2.24) is 5.01 Å². The van der Waals surface area contributed by atoms with E-state index in [2.05, 4.69) is 13.8 Å². The van der Waals surface area contributed by atoms with Crippen molar-refractivity contribution in [3.05, 3.63) is 70.4 Å². The molecule has 0 saturated carbocycles. The Kier molecular flexibility index (Phi) is 7.86. The number of amides is 1. The lowest BCUT2D eigenvalue weighted by Crippen LogP contribution is -2.40. The molecule has 0 aliphatic carbocycles. The lowest BCUT2D eigenvalue weighted by molar-refractivity contribution is -0.131. The number of thioether (sulfide) groups is 1. The quantitative estimate of drug-likeness (QED) is 0.342. The molecule has 39 heavy (non-hydrogen) atoms. The molecule has 0 radical (unpaired) electrons. The lowest BCUT2D eigenvalue weighted by atomic mass is 10.0. The van der Waals surface area contributed by atoms with E-state index in [4.69, 9.17) is 24.3 Å². The van der Waals surface area contributed by atoms with E-state index in [-0.39, 0.29) is 24.0 Å². The number of thiophene rings is 1. The molecule has 0 spiro atoms. The highest BCUT2D eigenvalue weighted by atomic mass is 32.2. The van der Waals surface area contributed by atoms with Gasteiger partial charge < -0.3 is 19.1 Å². The predicted octanol–water partition coefficient (Wildman–Crippen LogP) is 5.84. The molecule has 3 aromatic rings. The van der Waals surface area contributed by atoms with Crippen molar-refractivity contribution in [1.29, 1.82) is 0 Å². The summed E-state index contributed by atoms with van der Waals surface area (Å²) in [5.41, 5.74) is 2.38. The standard InChI is InChI=1S/C29H32N4O4S2/c1-29(2)18-39-28(30-29)32(21-9-6-7-10-23(21)35-3)17-27(34)33-22(16-20(31-33)26-11-8-14-38-26)19-12-13-24(36-4)25(15-19)37-5/h6-15,22H,16-18H2,1-5H3/t22-/m0/s1. The number of aliphatic imine (C=N–C) groups is 1. The van der Waals surface area contributed by atoms with Crippen LogP contribution in [0, 0.1) is 0 Å². The third-order valence-electron chi connectivity index (χ3n) is 6.62. The first kappa shape index (κ1) is 27.1. The minimum Gasteiger partial charge on any atom is -0.495 e. The number of carbonyl (C=O) groups is 1. The summed E-state index contributed by atoms with van der Waals surface area (Å²) < 4.78 is 16.7. The molecule has 1 amide bonds. The summed E-state index contributed by atoms with van der Waals surface area (Å²) in [6.45, 7) is 4.26. The Morgan fingerprint density at radius 3 is 2.46 bits per heavy atom. The largest absolute Gasteiger partial charge is 0.495 e. The van der Waals surface area contributed by atoms with Crippen molar-refractivity contribution in [2.45, 2.75) is 31.8 Å². The summed E-state index contributed by atoms with van der Waals surface area (Å²) in [6, 6.07) is 17.2. The van der Waals surface area contributed by atoms with Gasteiger partial charge >= 0.3 is 0 Å². The maximum Gasteiger partial charge on any atom is 0.263 e. The Bertz CT molecular complexity index is 1400. The van der Waals surface area contributed by atoms with Crippen molar-refractivity contribution < 1.29 is 19.0 Å². The van der Waals surface area contributed by atoms with Crippen molar-refractivity contribution in [2.24, 2.45) is 10.1 Å². The van der Waals surface area contributed by atoms with Crippen LogP contribution in [0.5, 0.6) is 17.2 Å². The van der Waals surface area contributed by atoms with Crippen molar-refractivity contribution in [3.8, 4) is 17.2 Å². The van der Waals surface area contributed by atoms with E-state index >= 15 is 0 Å². The van der Waals surface area contributed by atoms with Crippen LogP contribution < -0.4 is 19.1 Å². The molecule has 0 saturated heterocycles. The summed E-state index contributed by atoms with van der Waals surface area (Å²) in [5, 5.41) is 9.30. The second kappa shape index (κ2) is 11.3. The molecule has 0 fully saturated rings. The first-order valence-electron chi connectivity index (χ1n) is 12.6. The number of hydrazone groups is 1. The average molecular weight is 565 g/mol. The Labute approximate surface area is 237 Å². The Morgan fingerprint density at radius 2 is 1.79 bits per heavy atom.